The Morgan fingerprint density at radius 3 is 2.60 bits per heavy atom. The number of rotatable bonds is 3. The Morgan fingerprint density at radius 2 is 2.20 bits per heavy atom. The van der Waals surface area contributed by atoms with Crippen LogP contribution in [0.2, 0.25) is 0 Å². The summed E-state index contributed by atoms with van der Waals surface area (Å²) in [5, 5.41) is 9.05. The van der Waals surface area contributed by atoms with Gasteiger partial charge in [0.2, 0.25) is 0 Å². The van der Waals surface area contributed by atoms with Gasteiger partial charge in [-0.2, -0.15) is 11.8 Å². The van der Waals surface area contributed by atoms with Crippen LogP contribution in [0.4, 0.5) is 0 Å². The summed E-state index contributed by atoms with van der Waals surface area (Å²) < 4.78 is 0. The fourth-order valence-electron chi connectivity index (χ4n) is 2.49. The first-order valence-electron chi connectivity index (χ1n) is 5.37. The first kappa shape index (κ1) is 12.8. The lowest BCUT2D eigenvalue weighted by atomic mass is 9.59. The van der Waals surface area contributed by atoms with Crippen LogP contribution in [0.15, 0.2) is 0 Å². The number of hydrogen-bond donors (Lipinski definition) is 2. The maximum Gasteiger partial charge on any atom is 0.304 e. The minimum atomic E-state index is -0.733. The number of nitrogens with two attached hydrogens (primary N) is 1. The largest absolute Gasteiger partial charge is 0.481 e. The van der Waals surface area contributed by atoms with Gasteiger partial charge in [-0.25, -0.2) is 0 Å². The molecule has 2 unspecified atom stereocenters. The lowest BCUT2D eigenvalue weighted by Gasteiger charge is -2.51. The number of thioether (sulfide) groups is 1. The molecule has 0 bridgehead atoms. The average molecular weight is 231 g/mol. The van der Waals surface area contributed by atoms with Crippen LogP contribution in [0.1, 0.15) is 33.6 Å². The molecule has 3 N–H and O–H groups in total. The molecule has 0 aromatic carbocycles. The van der Waals surface area contributed by atoms with E-state index in [-0.39, 0.29) is 23.3 Å². The average Bonchev–Trinajstić information content (AvgIpc) is 2.07. The standard InChI is InChI=1S/C11H21NO2S/c1-8(12)11(6-9(13)14)7-15-5-4-10(11,2)3/h8H,4-7,12H2,1-3H3,(H,13,14). The van der Waals surface area contributed by atoms with E-state index in [0.717, 1.165) is 17.9 Å². The quantitative estimate of drug-likeness (QED) is 0.779. The molecule has 0 amide bonds. The van der Waals surface area contributed by atoms with Gasteiger partial charge >= 0.3 is 5.97 Å². The van der Waals surface area contributed by atoms with Crippen molar-refractivity contribution in [3.8, 4) is 0 Å². The SMILES string of the molecule is CC(N)C1(CC(=O)O)CSCCC1(C)C. The van der Waals surface area contributed by atoms with Crippen LogP contribution in [-0.4, -0.2) is 28.6 Å². The van der Waals surface area contributed by atoms with E-state index in [2.05, 4.69) is 13.8 Å². The molecule has 0 spiro atoms. The van der Waals surface area contributed by atoms with Crippen LogP contribution in [0.3, 0.4) is 0 Å². The monoisotopic (exact) mass is 231 g/mol. The van der Waals surface area contributed by atoms with E-state index in [1.165, 1.54) is 0 Å². The second-order valence-corrected chi connectivity index (χ2v) is 6.31. The molecule has 1 rings (SSSR count). The van der Waals surface area contributed by atoms with Gasteiger partial charge in [-0.15, -0.1) is 0 Å². The molecule has 0 aromatic rings. The highest BCUT2D eigenvalue weighted by Gasteiger charge is 2.50. The fourth-order valence-corrected chi connectivity index (χ4v) is 4.41. The molecule has 0 aliphatic carbocycles. The van der Waals surface area contributed by atoms with Crippen molar-refractivity contribution < 1.29 is 9.90 Å². The van der Waals surface area contributed by atoms with Crippen LogP contribution < -0.4 is 5.73 Å². The van der Waals surface area contributed by atoms with Gasteiger partial charge in [0, 0.05) is 17.2 Å². The first-order chi connectivity index (χ1) is 6.82. The van der Waals surface area contributed by atoms with E-state index < -0.39 is 5.97 Å². The third-order valence-electron chi connectivity index (χ3n) is 3.92. The highest BCUT2D eigenvalue weighted by atomic mass is 32.2. The van der Waals surface area contributed by atoms with E-state index in [1.54, 1.807) is 0 Å². The second kappa shape index (κ2) is 4.34. The Balaban J connectivity index is 3.01. The maximum absolute atomic E-state index is 11.0. The Morgan fingerprint density at radius 1 is 1.60 bits per heavy atom. The summed E-state index contributed by atoms with van der Waals surface area (Å²) in [6, 6.07) is -0.0728. The molecule has 0 saturated carbocycles. The van der Waals surface area contributed by atoms with E-state index in [1.807, 2.05) is 18.7 Å². The zero-order valence-electron chi connectivity index (χ0n) is 9.75. The third-order valence-corrected chi connectivity index (χ3v) is 5.13. The van der Waals surface area contributed by atoms with Crippen molar-refractivity contribution in [3.05, 3.63) is 0 Å². The van der Waals surface area contributed by atoms with Gasteiger partial charge in [-0.05, 0) is 24.5 Å². The molecule has 2 atom stereocenters. The molecule has 1 saturated heterocycles. The minimum Gasteiger partial charge on any atom is -0.481 e. The molecule has 0 aromatic heterocycles. The summed E-state index contributed by atoms with van der Waals surface area (Å²) in [5.74, 6) is 1.24. The molecular formula is C11H21NO2S. The summed E-state index contributed by atoms with van der Waals surface area (Å²) >= 11 is 1.83. The van der Waals surface area contributed by atoms with Crippen LogP contribution in [0.5, 0.6) is 0 Å². The molecule has 0 radical (unpaired) electrons. The van der Waals surface area contributed by atoms with Gasteiger partial charge in [0.25, 0.3) is 0 Å². The van der Waals surface area contributed by atoms with Crippen LogP contribution >= 0.6 is 11.8 Å². The van der Waals surface area contributed by atoms with Crippen molar-refractivity contribution in [1.82, 2.24) is 0 Å². The summed E-state index contributed by atoms with van der Waals surface area (Å²) in [6.45, 7) is 6.24. The van der Waals surface area contributed by atoms with E-state index in [0.29, 0.717) is 0 Å². The predicted octanol–water partition coefficient (Wildman–Crippen LogP) is 1.96. The fraction of sp³-hybridized carbons (Fsp3) is 0.909. The lowest BCUT2D eigenvalue weighted by Crippen LogP contribution is -2.55. The van der Waals surface area contributed by atoms with E-state index in [9.17, 15) is 4.79 Å². The summed E-state index contributed by atoms with van der Waals surface area (Å²) in [5.41, 5.74) is 5.81. The van der Waals surface area contributed by atoms with Crippen LogP contribution in [0, 0.1) is 10.8 Å². The Hall–Kier alpha value is -0.220. The molecule has 1 fully saturated rings. The molecular weight excluding hydrogens is 210 g/mol. The lowest BCUT2D eigenvalue weighted by molar-refractivity contribution is -0.142. The van der Waals surface area contributed by atoms with E-state index >= 15 is 0 Å². The summed E-state index contributed by atoms with van der Waals surface area (Å²) in [7, 11) is 0. The normalized spacial score (nSPS) is 32.3. The van der Waals surface area contributed by atoms with Crippen LogP contribution in [-0.2, 0) is 4.79 Å². The number of hydrogen-bond acceptors (Lipinski definition) is 3. The van der Waals surface area contributed by atoms with Crippen molar-refractivity contribution in [2.75, 3.05) is 11.5 Å². The zero-order chi connectivity index (χ0) is 11.7. The van der Waals surface area contributed by atoms with E-state index in [4.69, 9.17) is 10.8 Å². The maximum atomic E-state index is 11.0. The van der Waals surface area contributed by atoms with Gasteiger partial charge in [-0.3, -0.25) is 4.79 Å². The summed E-state index contributed by atoms with van der Waals surface area (Å²) in [6.07, 6.45) is 1.23. The number of carbonyl (C=O) groups is 1. The number of carboxylic acids is 1. The predicted molar refractivity (Wildman–Crippen MR) is 64.1 cm³/mol. The molecule has 1 aliphatic heterocycles. The Kier molecular flexibility index (Phi) is 3.71. The van der Waals surface area contributed by atoms with Crippen molar-refractivity contribution in [1.29, 1.82) is 0 Å². The molecule has 3 nitrogen and oxygen atoms in total. The molecule has 1 aliphatic rings. The molecule has 1 heterocycles. The highest BCUT2D eigenvalue weighted by Crippen LogP contribution is 2.52. The Labute approximate surface area is 95.8 Å². The minimum absolute atomic E-state index is 0.0187. The smallest absolute Gasteiger partial charge is 0.304 e. The van der Waals surface area contributed by atoms with Crippen molar-refractivity contribution in [2.45, 2.75) is 39.7 Å². The van der Waals surface area contributed by atoms with Gasteiger partial charge in [0.1, 0.15) is 0 Å². The Bertz CT molecular complexity index is 253. The molecule has 15 heavy (non-hydrogen) atoms. The van der Waals surface area contributed by atoms with Crippen molar-refractivity contribution >= 4 is 17.7 Å². The third kappa shape index (κ3) is 2.31. The van der Waals surface area contributed by atoms with Gasteiger partial charge in [-0.1, -0.05) is 13.8 Å². The topological polar surface area (TPSA) is 63.3 Å². The van der Waals surface area contributed by atoms with Gasteiger partial charge in [0.15, 0.2) is 0 Å². The molecule has 88 valence electrons. The second-order valence-electron chi connectivity index (χ2n) is 5.20. The van der Waals surface area contributed by atoms with Crippen molar-refractivity contribution in [3.63, 3.8) is 0 Å². The number of aliphatic carboxylic acids is 1. The first-order valence-corrected chi connectivity index (χ1v) is 6.52. The van der Waals surface area contributed by atoms with Crippen LogP contribution in [0.25, 0.3) is 0 Å². The van der Waals surface area contributed by atoms with Gasteiger partial charge in [0.05, 0.1) is 6.42 Å². The highest BCUT2D eigenvalue weighted by molar-refractivity contribution is 7.99. The zero-order valence-corrected chi connectivity index (χ0v) is 10.6. The molecule has 4 heteroatoms. The summed E-state index contributed by atoms with van der Waals surface area (Å²) in [4.78, 5) is 11.0. The number of carboxylic acid groups (broad SMARTS) is 1. The van der Waals surface area contributed by atoms with Crippen molar-refractivity contribution in [2.24, 2.45) is 16.6 Å². The van der Waals surface area contributed by atoms with Gasteiger partial charge < -0.3 is 10.8 Å².